The monoisotopic (exact) mass is 325 g/mol. The number of hydrogen-bond acceptors (Lipinski definition) is 2. The topological polar surface area (TPSA) is 40.5 Å². The van der Waals surface area contributed by atoms with E-state index in [-0.39, 0.29) is 18.0 Å². The van der Waals surface area contributed by atoms with Crippen LogP contribution in [0.1, 0.15) is 56.1 Å². The molecule has 0 bridgehead atoms. The predicted octanol–water partition coefficient (Wildman–Crippen LogP) is 4.20. The number of carbonyl (C=O) groups is 1. The van der Waals surface area contributed by atoms with Gasteiger partial charge in [-0.25, -0.2) is 0 Å². The number of benzene rings is 2. The number of nitrogens with zero attached hydrogens (tertiary/aromatic N) is 1. The number of hydrogen-bond donors (Lipinski definition) is 1. The number of rotatable bonds is 5. The molecule has 0 aliphatic carbocycles. The minimum absolute atomic E-state index is 0.0493. The molecule has 2 rings (SSSR count). The Morgan fingerprint density at radius 2 is 1.42 bits per heavy atom. The van der Waals surface area contributed by atoms with Crippen LogP contribution in [0.3, 0.4) is 0 Å². The summed E-state index contributed by atoms with van der Waals surface area (Å²) in [7, 11) is 0. The summed E-state index contributed by atoms with van der Waals surface area (Å²) in [5.41, 5.74) is 0.722. The van der Waals surface area contributed by atoms with Gasteiger partial charge in [0.05, 0.1) is 0 Å². The van der Waals surface area contributed by atoms with Crippen molar-refractivity contribution in [3.05, 3.63) is 71.3 Å². The maximum absolute atomic E-state index is 13.1. The molecule has 1 amide bonds. The summed E-state index contributed by atoms with van der Waals surface area (Å²) in [5.74, 6) is -0.0493. The fourth-order valence-electron chi connectivity index (χ4n) is 3.22. The highest BCUT2D eigenvalue weighted by atomic mass is 16.3. The second-order valence-electron chi connectivity index (χ2n) is 6.88. The quantitative estimate of drug-likeness (QED) is 0.895. The van der Waals surface area contributed by atoms with Crippen molar-refractivity contribution in [2.75, 3.05) is 0 Å². The molecule has 2 aromatic rings. The molecule has 3 heteroatoms. The highest BCUT2D eigenvalue weighted by Gasteiger charge is 2.32. The normalized spacial score (nSPS) is 13.8. The first kappa shape index (κ1) is 18.2. The van der Waals surface area contributed by atoms with Gasteiger partial charge in [-0.3, -0.25) is 4.79 Å². The summed E-state index contributed by atoms with van der Waals surface area (Å²) in [6, 6.07) is 17.0. The van der Waals surface area contributed by atoms with E-state index >= 15 is 0 Å². The van der Waals surface area contributed by atoms with Gasteiger partial charge in [0.25, 0.3) is 5.91 Å². The maximum Gasteiger partial charge on any atom is 0.254 e. The van der Waals surface area contributed by atoms with E-state index in [1.54, 1.807) is 13.0 Å². The van der Waals surface area contributed by atoms with Crippen molar-refractivity contribution in [3.63, 3.8) is 0 Å². The zero-order valence-electron chi connectivity index (χ0n) is 15.2. The summed E-state index contributed by atoms with van der Waals surface area (Å²) < 4.78 is 0. The summed E-state index contributed by atoms with van der Waals surface area (Å²) in [6.45, 7) is 9.78. The van der Waals surface area contributed by atoms with Gasteiger partial charge in [-0.2, -0.15) is 0 Å². The van der Waals surface area contributed by atoms with Crippen LogP contribution in [0.15, 0.2) is 54.6 Å². The van der Waals surface area contributed by atoms with E-state index in [4.69, 9.17) is 0 Å². The van der Waals surface area contributed by atoms with Gasteiger partial charge in [0.15, 0.2) is 0 Å². The Morgan fingerprint density at radius 3 is 1.96 bits per heavy atom. The largest absolute Gasteiger partial charge is 0.381 e. The number of carbonyl (C=O) groups excluding carboxylic acids is 1. The van der Waals surface area contributed by atoms with Crippen molar-refractivity contribution in [1.29, 1.82) is 0 Å². The van der Waals surface area contributed by atoms with Gasteiger partial charge < -0.3 is 10.0 Å². The molecule has 0 radical (unpaired) electrons. The van der Waals surface area contributed by atoms with Gasteiger partial charge in [-0.1, -0.05) is 48.5 Å². The fourth-order valence-corrected chi connectivity index (χ4v) is 3.22. The second kappa shape index (κ2) is 7.18. The van der Waals surface area contributed by atoms with Crippen molar-refractivity contribution < 1.29 is 9.90 Å². The lowest BCUT2D eigenvalue weighted by molar-refractivity contribution is 0.0620. The van der Waals surface area contributed by atoms with E-state index < -0.39 is 5.60 Å². The zero-order valence-corrected chi connectivity index (χ0v) is 15.2. The third-order valence-electron chi connectivity index (χ3n) is 4.37. The maximum atomic E-state index is 13.1. The standard InChI is InChI=1S/C21H27NO2/c1-15(2)22(16(3)4)20(23)18-13-9-10-14-19(18)21(5,24)17-11-7-6-8-12-17/h6-16,24H,1-5H3/t21-/m1/s1. The van der Waals surface area contributed by atoms with Gasteiger partial charge in [0.1, 0.15) is 5.60 Å². The summed E-state index contributed by atoms with van der Waals surface area (Å²) in [4.78, 5) is 15.0. The third kappa shape index (κ3) is 3.51. The van der Waals surface area contributed by atoms with E-state index in [1.165, 1.54) is 0 Å². The molecule has 0 aliphatic rings. The highest BCUT2D eigenvalue weighted by molar-refractivity contribution is 5.96. The minimum Gasteiger partial charge on any atom is -0.381 e. The van der Waals surface area contributed by atoms with Gasteiger partial charge in [-0.05, 0) is 46.2 Å². The van der Waals surface area contributed by atoms with Crippen LogP contribution in [-0.4, -0.2) is 28.0 Å². The van der Waals surface area contributed by atoms with Crippen LogP contribution < -0.4 is 0 Å². The Balaban J connectivity index is 2.54. The lowest BCUT2D eigenvalue weighted by atomic mass is 9.85. The molecule has 3 nitrogen and oxygen atoms in total. The molecule has 2 aromatic carbocycles. The third-order valence-corrected chi connectivity index (χ3v) is 4.37. The summed E-state index contributed by atoms with van der Waals surface area (Å²) in [5, 5.41) is 11.2. The summed E-state index contributed by atoms with van der Waals surface area (Å²) >= 11 is 0. The molecule has 1 N–H and O–H groups in total. The number of amides is 1. The van der Waals surface area contributed by atoms with E-state index in [0.717, 1.165) is 5.56 Å². The lowest BCUT2D eigenvalue weighted by Gasteiger charge is -2.33. The average Bonchev–Trinajstić information content (AvgIpc) is 2.55. The first-order chi connectivity index (χ1) is 11.3. The van der Waals surface area contributed by atoms with Crippen molar-refractivity contribution in [3.8, 4) is 0 Å². The molecule has 0 fully saturated rings. The van der Waals surface area contributed by atoms with E-state index in [1.807, 2.05) is 81.1 Å². The zero-order chi connectivity index (χ0) is 17.9. The fraction of sp³-hybridized carbons (Fsp3) is 0.381. The SMILES string of the molecule is CC(C)N(C(=O)c1ccccc1[C@](C)(O)c1ccccc1)C(C)C. The van der Waals surface area contributed by atoms with Crippen LogP contribution in [-0.2, 0) is 5.60 Å². The molecule has 1 atom stereocenters. The number of aliphatic hydroxyl groups is 1. The molecule has 0 unspecified atom stereocenters. The first-order valence-electron chi connectivity index (χ1n) is 8.47. The van der Waals surface area contributed by atoms with Gasteiger partial charge in [0.2, 0.25) is 0 Å². The molecular formula is C21H27NO2. The van der Waals surface area contributed by atoms with Crippen molar-refractivity contribution in [1.82, 2.24) is 4.90 Å². The van der Waals surface area contributed by atoms with Gasteiger partial charge in [-0.15, -0.1) is 0 Å². The molecule has 0 saturated carbocycles. The smallest absolute Gasteiger partial charge is 0.254 e. The Morgan fingerprint density at radius 1 is 0.917 bits per heavy atom. The molecule has 128 valence electrons. The Bertz CT molecular complexity index is 682. The Hall–Kier alpha value is -2.13. The van der Waals surface area contributed by atoms with Crippen LogP contribution in [0.5, 0.6) is 0 Å². The van der Waals surface area contributed by atoms with Gasteiger partial charge >= 0.3 is 0 Å². The lowest BCUT2D eigenvalue weighted by Crippen LogP contribution is -2.43. The van der Waals surface area contributed by atoms with E-state index in [9.17, 15) is 9.90 Å². The van der Waals surface area contributed by atoms with Crippen molar-refractivity contribution in [2.45, 2.75) is 52.3 Å². The van der Waals surface area contributed by atoms with E-state index in [2.05, 4.69) is 0 Å². The molecular weight excluding hydrogens is 298 g/mol. The van der Waals surface area contributed by atoms with Crippen LogP contribution in [0.25, 0.3) is 0 Å². The van der Waals surface area contributed by atoms with Crippen LogP contribution in [0.4, 0.5) is 0 Å². The molecule has 0 spiro atoms. The molecule has 0 aromatic heterocycles. The molecule has 0 heterocycles. The van der Waals surface area contributed by atoms with Crippen LogP contribution in [0.2, 0.25) is 0 Å². The molecule has 24 heavy (non-hydrogen) atoms. The van der Waals surface area contributed by atoms with Crippen molar-refractivity contribution >= 4 is 5.91 Å². The summed E-state index contributed by atoms with van der Waals surface area (Å²) in [6.07, 6.45) is 0. The van der Waals surface area contributed by atoms with Crippen molar-refractivity contribution in [2.24, 2.45) is 0 Å². The highest BCUT2D eigenvalue weighted by Crippen LogP contribution is 2.32. The Labute approximate surface area is 144 Å². The van der Waals surface area contributed by atoms with E-state index in [0.29, 0.717) is 11.1 Å². The molecule has 0 saturated heterocycles. The first-order valence-corrected chi connectivity index (χ1v) is 8.47. The van der Waals surface area contributed by atoms with Crippen LogP contribution >= 0.6 is 0 Å². The predicted molar refractivity (Wildman–Crippen MR) is 98.0 cm³/mol. The molecule has 0 aliphatic heterocycles. The van der Waals surface area contributed by atoms with Crippen LogP contribution in [0, 0.1) is 0 Å². The second-order valence-corrected chi connectivity index (χ2v) is 6.88. The van der Waals surface area contributed by atoms with Gasteiger partial charge in [0, 0.05) is 23.2 Å². The average molecular weight is 325 g/mol. The Kier molecular flexibility index (Phi) is 5.45. The minimum atomic E-state index is -1.23.